The maximum atomic E-state index is 6.30. The molecule has 0 amide bonds. The molecular formula is C37H27NO2. The maximum Gasteiger partial charge on any atom is 0.135 e. The number of hydrogen-bond acceptors (Lipinski definition) is 2. The lowest BCUT2D eigenvalue weighted by Crippen LogP contribution is -1.93. The molecule has 0 aliphatic heterocycles. The van der Waals surface area contributed by atoms with Gasteiger partial charge in [-0.2, -0.15) is 0 Å². The molecule has 8 aromatic rings. The molecule has 40 heavy (non-hydrogen) atoms. The highest BCUT2D eigenvalue weighted by molar-refractivity contribution is 6.11. The van der Waals surface area contributed by atoms with Crippen LogP contribution in [-0.4, -0.2) is 4.57 Å². The second-order valence-corrected chi connectivity index (χ2v) is 10.4. The number of aryl methyl sites for hydroxylation is 1. The summed E-state index contributed by atoms with van der Waals surface area (Å²) in [7, 11) is 0. The lowest BCUT2D eigenvalue weighted by molar-refractivity contribution is 0.599. The second-order valence-electron chi connectivity index (χ2n) is 10.4. The highest BCUT2D eigenvalue weighted by Crippen LogP contribution is 2.38. The summed E-state index contributed by atoms with van der Waals surface area (Å²) in [5.41, 5.74) is 9.84. The van der Waals surface area contributed by atoms with Crippen molar-refractivity contribution in [1.29, 1.82) is 0 Å². The van der Waals surface area contributed by atoms with Crippen LogP contribution in [0.25, 0.3) is 77.6 Å². The molecule has 0 N–H and O–H groups in total. The van der Waals surface area contributed by atoms with Gasteiger partial charge in [0, 0.05) is 38.2 Å². The third-order valence-corrected chi connectivity index (χ3v) is 8.12. The van der Waals surface area contributed by atoms with Crippen molar-refractivity contribution in [3.63, 3.8) is 0 Å². The summed E-state index contributed by atoms with van der Waals surface area (Å²) in [4.78, 5) is 0. The summed E-state index contributed by atoms with van der Waals surface area (Å²) in [6.45, 7) is 4.21. The van der Waals surface area contributed by atoms with Gasteiger partial charge >= 0.3 is 0 Å². The first-order valence-electron chi connectivity index (χ1n) is 13.9. The molecule has 0 unspecified atom stereocenters. The minimum atomic E-state index is 0.895. The van der Waals surface area contributed by atoms with Crippen LogP contribution >= 0.6 is 0 Å². The fourth-order valence-corrected chi connectivity index (χ4v) is 6.28. The van der Waals surface area contributed by atoms with Gasteiger partial charge in [0.05, 0.1) is 11.0 Å². The predicted octanol–water partition coefficient (Wildman–Crippen LogP) is 10.7. The molecule has 0 bridgehead atoms. The Hall–Kier alpha value is -5.02. The predicted molar refractivity (Wildman–Crippen MR) is 167 cm³/mol. The van der Waals surface area contributed by atoms with Crippen LogP contribution in [0.2, 0.25) is 0 Å². The fourth-order valence-electron chi connectivity index (χ4n) is 6.28. The average molecular weight is 518 g/mol. The van der Waals surface area contributed by atoms with E-state index >= 15 is 0 Å². The van der Waals surface area contributed by atoms with E-state index in [4.69, 9.17) is 8.83 Å². The molecule has 0 atom stereocenters. The zero-order valence-electron chi connectivity index (χ0n) is 22.4. The number of aromatic nitrogens is 1. The quantitative estimate of drug-likeness (QED) is 0.232. The Kier molecular flexibility index (Phi) is 5.02. The minimum absolute atomic E-state index is 0.895. The van der Waals surface area contributed by atoms with E-state index in [1.54, 1.807) is 0 Å². The highest BCUT2D eigenvalue weighted by atomic mass is 16.3. The number of benzene rings is 5. The van der Waals surface area contributed by atoms with E-state index in [9.17, 15) is 0 Å². The third kappa shape index (κ3) is 3.31. The number of para-hydroxylation sites is 2. The van der Waals surface area contributed by atoms with E-state index in [0.29, 0.717) is 0 Å². The summed E-state index contributed by atoms with van der Waals surface area (Å²) in [6, 6.07) is 36.8. The molecule has 192 valence electrons. The SMILES string of the molecule is C/C=C\c1oc2ccc(-c3ccc4oc5ccc(-n6c7ccccc7c7ccccc76)cc5c4c3)cc2c1CC. The molecule has 8 rings (SSSR count). The first kappa shape index (κ1) is 22.9. The lowest BCUT2D eigenvalue weighted by atomic mass is 9.99. The molecule has 0 saturated heterocycles. The summed E-state index contributed by atoms with van der Waals surface area (Å²) >= 11 is 0. The van der Waals surface area contributed by atoms with Crippen molar-refractivity contribution in [1.82, 2.24) is 4.57 Å². The summed E-state index contributed by atoms with van der Waals surface area (Å²) in [5.74, 6) is 0.950. The molecule has 0 aliphatic carbocycles. The molecule has 0 saturated carbocycles. The fraction of sp³-hybridized carbons (Fsp3) is 0.0811. The van der Waals surface area contributed by atoms with Crippen LogP contribution < -0.4 is 0 Å². The molecular weight excluding hydrogens is 490 g/mol. The van der Waals surface area contributed by atoms with Gasteiger partial charge in [0.2, 0.25) is 0 Å². The minimum Gasteiger partial charge on any atom is -0.456 e. The zero-order valence-corrected chi connectivity index (χ0v) is 22.4. The van der Waals surface area contributed by atoms with E-state index in [0.717, 1.165) is 51.0 Å². The van der Waals surface area contributed by atoms with E-state index in [1.807, 2.05) is 13.0 Å². The number of rotatable bonds is 4. The van der Waals surface area contributed by atoms with Gasteiger partial charge in [0.25, 0.3) is 0 Å². The Morgan fingerprint density at radius 2 is 1.18 bits per heavy atom. The van der Waals surface area contributed by atoms with Gasteiger partial charge in [0.15, 0.2) is 0 Å². The number of allylic oxidation sites excluding steroid dienone is 1. The number of hydrogen-bond donors (Lipinski definition) is 0. The smallest absolute Gasteiger partial charge is 0.135 e. The molecule has 3 heterocycles. The Morgan fingerprint density at radius 1 is 0.600 bits per heavy atom. The number of furan rings is 2. The van der Waals surface area contributed by atoms with Crippen molar-refractivity contribution >= 4 is 60.8 Å². The molecule has 5 aromatic carbocycles. The van der Waals surface area contributed by atoms with E-state index < -0.39 is 0 Å². The summed E-state index contributed by atoms with van der Waals surface area (Å²) < 4.78 is 14.8. The van der Waals surface area contributed by atoms with Crippen LogP contribution in [0.15, 0.2) is 118 Å². The van der Waals surface area contributed by atoms with Crippen molar-refractivity contribution in [2.75, 3.05) is 0 Å². The van der Waals surface area contributed by atoms with Gasteiger partial charge in [-0.15, -0.1) is 0 Å². The van der Waals surface area contributed by atoms with Crippen molar-refractivity contribution in [3.8, 4) is 16.8 Å². The largest absolute Gasteiger partial charge is 0.456 e. The van der Waals surface area contributed by atoms with Crippen LogP contribution in [0.1, 0.15) is 25.2 Å². The van der Waals surface area contributed by atoms with E-state index in [2.05, 4.69) is 121 Å². The molecule has 0 radical (unpaired) electrons. The second kappa shape index (κ2) is 8.75. The Labute approximate surface area is 231 Å². The van der Waals surface area contributed by atoms with Crippen molar-refractivity contribution in [2.45, 2.75) is 20.3 Å². The Morgan fingerprint density at radius 3 is 1.82 bits per heavy atom. The number of nitrogens with zero attached hydrogens (tertiary/aromatic N) is 1. The lowest BCUT2D eigenvalue weighted by Gasteiger charge is -2.08. The summed E-state index contributed by atoms with van der Waals surface area (Å²) in [6.07, 6.45) is 5.01. The van der Waals surface area contributed by atoms with Gasteiger partial charge in [-0.25, -0.2) is 0 Å². The standard InChI is InChI=1S/C37H27NO2/c1-3-9-34-26(4-2)29-20-23(14-17-35(29)39-34)24-15-18-36-30(21-24)31-22-25(16-19-37(31)40-36)38-32-12-7-5-10-27(32)28-11-6-8-13-33(28)38/h3,5-22H,4H2,1-2H3/b9-3-. The van der Waals surface area contributed by atoms with Crippen LogP contribution in [0.5, 0.6) is 0 Å². The van der Waals surface area contributed by atoms with E-state index in [1.165, 1.54) is 38.3 Å². The number of fused-ring (bicyclic) bond motifs is 7. The molecule has 3 aromatic heterocycles. The van der Waals surface area contributed by atoms with Crippen LogP contribution in [-0.2, 0) is 6.42 Å². The first-order valence-corrected chi connectivity index (χ1v) is 13.9. The first-order chi connectivity index (χ1) is 19.7. The molecule has 0 spiro atoms. The third-order valence-electron chi connectivity index (χ3n) is 8.12. The topological polar surface area (TPSA) is 31.2 Å². The molecule has 3 heteroatoms. The van der Waals surface area contributed by atoms with Gasteiger partial charge < -0.3 is 13.4 Å². The van der Waals surface area contributed by atoms with Crippen molar-refractivity contribution < 1.29 is 8.83 Å². The Bertz CT molecular complexity index is 2220. The van der Waals surface area contributed by atoms with Gasteiger partial charge in [-0.1, -0.05) is 61.5 Å². The molecule has 0 aliphatic rings. The molecule has 3 nitrogen and oxygen atoms in total. The van der Waals surface area contributed by atoms with Crippen molar-refractivity contribution in [3.05, 3.63) is 121 Å². The van der Waals surface area contributed by atoms with Crippen molar-refractivity contribution in [2.24, 2.45) is 0 Å². The molecule has 0 fully saturated rings. The van der Waals surface area contributed by atoms with Crippen LogP contribution in [0, 0.1) is 0 Å². The van der Waals surface area contributed by atoms with Gasteiger partial charge in [-0.3, -0.25) is 0 Å². The maximum absolute atomic E-state index is 6.30. The van der Waals surface area contributed by atoms with Gasteiger partial charge in [-0.05, 0) is 85.1 Å². The highest BCUT2D eigenvalue weighted by Gasteiger charge is 2.16. The van der Waals surface area contributed by atoms with Crippen LogP contribution in [0.4, 0.5) is 0 Å². The van der Waals surface area contributed by atoms with Crippen LogP contribution in [0.3, 0.4) is 0 Å². The van der Waals surface area contributed by atoms with E-state index in [-0.39, 0.29) is 0 Å². The average Bonchev–Trinajstić information content (AvgIpc) is 3.65. The monoisotopic (exact) mass is 517 g/mol. The normalized spacial score (nSPS) is 12.2. The van der Waals surface area contributed by atoms with Gasteiger partial charge in [0.1, 0.15) is 22.5 Å². The summed E-state index contributed by atoms with van der Waals surface area (Å²) in [5, 5.41) is 5.93. The Balaban J connectivity index is 1.32. The zero-order chi connectivity index (χ0) is 26.8.